The van der Waals surface area contributed by atoms with Crippen molar-refractivity contribution in [2.24, 2.45) is 0 Å². The molecular formula is C26H25NO2SU. The number of hydrogen-bond donors (Lipinski definition) is 2. The molecule has 156 valence electrons. The van der Waals surface area contributed by atoms with Crippen LogP contribution in [0, 0.1) is 51.0 Å². The molecule has 0 aliphatic heterocycles. The van der Waals surface area contributed by atoms with Crippen molar-refractivity contribution in [3.05, 3.63) is 95.7 Å². The minimum Gasteiger partial charge on any atom is -0.508 e. The summed E-state index contributed by atoms with van der Waals surface area (Å²) in [6.07, 6.45) is 0. The Kier molecular flexibility index (Phi) is 10.00. The number of aromatic hydroxyl groups is 1. The molecule has 4 rings (SSSR count). The van der Waals surface area contributed by atoms with E-state index in [9.17, 15) is 9.90 Å². The Hall–Kier alpha value is -1.90. The van der Waals surface area contributed by atoms with Gasteiger partial charge in [-0.1, -0.05) is 31.2 Å². The Morgan fingerprint density at radius 3 is 2.45 bits per heavy atom. The van der Waals surface area contributed by atoms with E-state index in [0.717, 1.165) is 39.9 Å². The van der Waals surface area contributed by atoms with Crippen LogP contribution < -0.4 is 5.32 Å². The van der Waals surface area contributed by atoms with Gasteiger partial charge in [0.1, 0.15) is 5.75 Å². The van der Waals surface area contributed by atoms with Gasteiger partial charge in [-0.3, -0.25) is 4.79 Å². The van der Waals surface area contributed by atoms with Gasteiger partial charge in [0.25, 0.3) is 0 Å². The Bertz CT molecular complexity index is 1140. The van der Waals surface area contributed by atoms with Crippen LogP contribution in [0.4, 0.5) is 0 Å². The van der Waals surface area contributed by atoms with Crippen molar-refractivity contribution in [2.75, 3.05) is 13.1 Å². The molecule has 0 atom stereocenters. The third-order valence-electron chi connectivity index (χ3n) is 4.70. The molecule has 0 amide bonds. The third-order valence-corrected chi connectivity index (χ3v) is 5.85. The molecule has 0 saturated carbocycles. The number of phenolic OH excluding ortho intramolecular Hbond substituents is 1. The van der Waals surface area contributed by atoms with Gasteiger partial charge < -0.3 is 17.3 Å². The van der Waals surface area contributed by atoms with E-state index in [-0.39, 0.29) is 42.6 Å². The number of aryl methyl sites for hydroxylation is 1. The molecule has 3 nitrogen and oxygen atoms in total. The van der Waals surface area contributed by atoms with Gasteiger partial charge in [-0.15, -0.1) is 23.4 Å². The Labute approximate surface area is 211 Å². The molecule has 2 N–H and O–H groups in total. The second-order valence-corrected chi connectivity index (χ2v) is 7.83. The number of nitrogens with one attached hydrogen (secondary N) is 1. The molecule has 1 heterocycles. The minimum atomic E-state index is 0. The quantitative estimate of drug-likeness (QED) is 0.204. The van der Waals surface area contributed by atoms with E-state index < -0.39 is 0 Å². The third kappa shape index (κ3) is 6.08. The Morgan fingerprint density at radius 1 is 1.13 bits per heavy atom. The van der Waals surface area contributed by atoms with Crippen LogP contribution in [0.3, 0.4) is 0 Å². The van der Waals surface area contributed by atoms with E-state index in [1.807, 2.05) is 61.5 Å². The molecule has 0 spiro atoms. The summed E-state index contributed by atoms with van der Waals surface area (Å²) in [5.74, 6) is 0.221. The average Bonchev–Trinajstić information content (AvgIpc) is 3.14. The monoisotopic (exact) mass is 653 g/mol. The summed E-state index contributed by atoms with van der Waals surface area (Å²) in [5, 5.41) is 13.8. The van der Waals surface area contributed by atoms with Gasteiger partial charge >= 0.3 is 31.1 Å². The van der Waals surface area contributed by atoms with Crippen molar-refractivity contribution in [1.82, 2.24) is 5.32 Å². The predicted octanol–water partition coefficient (Wildman–Crippen LogP) is 6.04. The average molecular weight is 654 g/mol. The van der Waals surface area contributed by atoms with Gasteiger partial charge in [-0.05, 0) is 48.2 Å². The number of hydrogen-bond acceptors (Lipinski definition) is 4. The number of ketones is 1. The molecule has 1 aromatic heterocycles. The zero-order valence-electron chi connectivity index (χ0n) is 17.7. The van der Waals surface area contributed by atoms with Gasteiger partial charge in [-0.2, -0.15) is 30.3 Å². The van der Waals surface area contributed by atoms with Crippen LogP contribution in [0.15, 0.2) is 66.7 Å². The van der Waals surface area contributed by atoms with Crippen molar-refractivity contribution in [3.8, 4) is 16.9 Å². The maximum absolute atomic E-state index is 13.3. The zero-order chi connectivity index (χ0) is 21.5. The standard InChI is InChI=1S/C22H15O2S.C4H10N.U/c1-14-7-5-6-10-17(14)21(24)22-20(15-8-3-2-4-9-15)18-12-11-16(23)13-19(18)25-22;1-3-5-4-2;/h3-13,23H,1H3;5H,1,3-4H2,2H3;/q2*-1;+2. The second-order valence-electron chi connectivity index (χ2n) is 6.77. The van der Waals surface area contributed by atoms with Crippen LogP contribution in [0.5, 0.6) is 5.75 Å². The van der Waals surface area contributed by atoms with Crippen LogP contribution in [0.25, 0.3) is 21.2 Å². The van der Waals surface area contributed by atoms with Crippen molar-refractivity contribution < 1.29 is 41.0 Å². The first kappa shape index (κ1) is 25.4. The molecule has 3 aromatic carbocycles. The van der Waals surface area contributed by atoms with Crippen molar-refractivity contribution >= 4 is 27.2 Å². The van der Waals surface area contributed by atoms with E-state index in [0.29, 0.717) is 10.4 Å². The van der Waals surface area contributed by atoms with Gasteiger partial charge in [0.2, 0.25) is 5.78 Å². The van der Waals surface area contributed by atoms with E-state index >= 15 is 0 Å². The predicted molar refractivity (Wildman–Crippen MR) is 126 cm³/mol. The SMILES string of the molecule is Cc1ccccc1C(=O)c1sc2cc(O)ccc2c1-c1cc[c-]cc1.[CH2-]CNCC.[U+2]. The molecule has 31 heavy (non-hydrogen) atoms. The molecule has 5 heteroatoms. The Morgan fingerprint density at radius 2 is 1.84 bits per heavy atom. The maximum atomic E-state index is 13.3. The summed E-state index contributed by atoms with van der Waals surface area (Å²) in [6.45, 7) is 9.45. The summed E-state index contributed by atoms with van der Waals surface area (Å²) in [7, 11) is 0. The number of benzene rings is 3. The van der Waals surface area contributed by atoms with E-state index in [1.54, 1.807) is 12.1 Å². The number of phenols is 1. The summed E-state index contributed by atoms with van der Waals surface area (Å²) in [5.41, 5.74) is 3.57. The van der Waals surface area contributed by atoms with Crippen LogP contribution >= 0.6 is 11.3 Å². The van der Waals surface area contributed by atoms with Crippen molar-refractivity contribution in [1.29, 1.82) is 0 Å². The normalized spacial score (nSPS) is 10.2. The summed E-state index contributed by atoms with van der Waals surface area (Å²) in [6, 6.07) is 23.5. The van der Waals surface area contributed by atoms with Crippen LogP contribution in [0.2, 0.25) is 0 Å². The fourth-order valence-electron chi connectivity index (χ4n) is 3.21. The topological polar surface area (TPSA) is 49.3 Å². The first-order chi connectivity index (χ1) is 14.6. The van der Waals surface area contributed by atoms with Gasteiger partial charge in [-0.25, -0.2) is 0 Å². The molecule has 0 bridgehead atoms. The zero-order valence-corrected chi connectivity index (χ0v) is 22.7. The smallest absolute Gasteiger partial charge is 0.508 e. The van der Waals surface area contributed by atoms with Gasteiger partial charge in [0.15, 0.2) is 0 Å². The van der Waals surface area contributed by atoms with Crippen molar-refractivity contribution in [3.63, 3.8) is 0 Å². The summed E-state index contributed by atoms with van der Waals surface area (Å²) < 4.78 is 0.903. The first-order valence-corrected chi connectivity index (χ1v) is 10.7. The van der Waals surface area contributed by atoms with E-state index in [4.69, 9.17) is 0 Å². The largest absolute Gasteiger partial charge is 2.00 e. The molecule has 0 aliphatic carbocycles. The molecule has 0 saturated heterocycles. The van der Waals surface area contributed by atoms with E-state index in [1.165, 1.54) is 11.3 Å². The fourth-order valence-corrected chi connectivity index (χ4v) is 4.42. The molecule has 4 aromatic rings. The number of carbonyl (C=O) groups excluding carboxylic acids is 1. The molecule has 0 fully saturated rings. The second kappa shape index (κ2) is 12.2. The molecule has 0 radical (unpaired) electrons. The first-order valence-electron chi connectivity index (χ1n) is 9.89. The number of thiophene rings is 1. The summed E-state index contributed by atoms with van der Waals surface area (Å²) in [4.78, 5) is 14.0. The number of rotatable bonds is 5. The van der Waals surface area contributed by atoms with Gasteiger partial charge in [0.05, 0.1) is 4.88 Å². The molecule has 0 unspecified atom stereocenters. The number of fused-ring (bicyclic) bond motifs is 1. The Balaban J connectivity index is 0.000000514. The van der Waals surface area contributed by atoms with Crippen LogP contribution in [-0.4, -0.2) is 24.0 Å². The van der Waals surface area contributed by atoms with Gasteiger partial charge in [0, 0.05) is 10.3 Å². The van der Waals surface area contributed by atoms with Crippen molar-refractivity contribution in [2.45, 2.75) is 13.8 Å². The molecular weight excluding hydrogens is 628 g/mol. The summed E-state index contributed by atoms with van der Waals surface area (Å²) >= 11 is 1.42. The van der Waals surface area contributed by atoms with Crippen LogP contribution in [-0.2, 0) is 0 Å². The molecule has 0 aliphatic rings. The van der Waals surface area contributed by atoms with Crippen LogP contribution in [0.1, 0.15) is 27.7 Å². The maximum Gasteiger partial charge on any atom is 2.00 e. The number of carbonyl (C=O) groups is 1. The van der Waals surface area contributed by atoms with E-state index in [2.05, 4.69) is 25.2 Å². The fraction of sp³-hybridized carbons (Fsp3) is 0.154. The minimum absolute atomic E-state index is 0.